The number of nitrogens with zero attached hydrogens (tertiary/aromatic N) is 2. The molecule has 0 aliphatic carbocycles. The van der Waals surface area contributed by atoms with E-state index in [0.29, 0.717) is 5.56 Å². The minimum Gasteiger partial charge on any atom is -0.318 e. The number of aryl methyl sites for hydroxylation is 1. The Hall–Kier alpha value is -2.85. The van der Waals surface area contributed by atoms with Crippen molar-refractivity contribution in [1.29, 1.82) is 0 Å². The summed E-state index contributed by atoms with van der Waals surface area (Å²) in [5.41, 5.74) is 8.25. The predicted octanol–water partition coefficient (Wildman–Crippen LogP) is 4.82. The van der Waals surface area contributed by atoms with Gasteiger partial charge in [0.2, 0.25) is 0 Å². The molecule has 1 heterocycles. The second-order valence-corrected chi connectivity index (χ2v) is 6.52. The standard InChI is InChI=1S/C21H20ClN3O/c1-14-12-18(13-23-24-21(26)17-8-5-4-6-9-17)16(3)25(14)20-11-7-10-19(22)15(20)2/h4-13H,1-3H3,(H,24,26)/b23-13+. The topological polar surface area (TPSA) is 46.4 Å². The monoisotopic (exact) mass is 365 g/mol. The fraction of sp³-hybridized carbons (Fsp3) is 0.143. The van der Waals surface area contributed by atoms with Crippen LogP contribution in [-0.2, 0) is 0 Å². The minimum atomic E-state index is -0.235. The van der Waals surface area contributed by atoms with Gasteiger partial charge in [-0.05, 0) is 56.7 Å². The van der Waals surface area contributed by atoms with Gasteiger partial charge < -0.3 is 4.57 Å². The van der Waals surface area contributed by atoms with Crippen LogP contribution in [0.15, 0.2) is 59.7 Å². The number of halogens is 1. The Kier molecular flexibility index (Phi) is 5.24. The highest BCUT2D eigenvalue weighted by molar-refractivity contribution is 6.31. The van der Waals surface area contributed by atoms with Crippen LogP contribution in [0.4, 0.5) is 0 Å². The molecule has 0 saturated carbocycles. The van der Waals surface area contributed by atoms with Crippen LogP contribution in [0.5, 0.6) is 0 Å². The third kappa shape index (κ3) is 3.55. The van der Waals surface area contributed by atoms with Crippen LogP contribution in [0.2, 0.25) is 5.02 Å². The summed E-state index contributed by atoms with van der Waals surface area (Å²) < 4.78 is 2.14. The van der Waals surface area contributed by atoms with E-state index in [2.05, 4.69) is 15.1 Å². The molecule has 0 aliphatic rings. The number of carbonyl (C=O) groups is 1. The van der Waals surface area contributed by atoms with Crippen molar-refractivity contribution in [2.45, 2.75) is 20.8 Å². The number of amides is 1. The molecule has 0 aliphatic heterocycles. The lowest BCUT2D eigenvalue weighted by Gasteiger charge is -2.13. The van der Waals surface area contributed by atoms with Crippen molar-refractivity contribution >= 4 is 23.7 Å². The van der Waals surface area contributed by atoms with E-state index in [1.165, 1.54) is 0 Å². The minimum absolute atomic E-state index is 0.235. The molecule has 0 saturated heterocycles. The van der Waals surface area contributed by atoms with Gasteiger partial charge in [0, 0.05) is 33.2 Å². The summed E-state index contributed by atoms with van der Waals surface area (Å²) in [6.45, 7) is 6.06. The normalized spacial score (nSPS) is 11.1. The van der Waals surface area contributed by atoms with Crippen molar-refractivity contribution in [2.24, 2.45) is 5.10 Å². The lowest BCUT2D eigenvalue weighted by molar-refractivity contribution is 0.0955. The first-order valence-electron chi connectivity index (χ1n) is 8.32. The van der Waals surface area contributed by atoms with Gasteiger partial charge in [0.05, 0.1) is 6.21 Å². The highest BCUT2D eigenvalue weighted by Crippen LogP contribution is 2.26. The molecule has 4 nitrogen and oxygen atoms in total. The number of benzene rings is 2. The van der Waals surface area contributed by atoms with Crippen LogP contribution in [0.3, 0.4) is 0 Å². The number of hydrogen-bond donors (Lipinski definition) is 1. The van der Waals surface area contributed by atoms with Gasteiger partial charge in [0.25, 0.3) is 5.91 Å². The average molecular weight is 366 g/mol. The molecule has 2 aromatic carbocycles. The van der Waals surface area contributed by atoms with E-state index in [0.717, 1.165) is 33.2 Å². The van der Waals surface area contributed by atoms with E-state index in [9.17, 15) is 4.79 Å². The van der Waals surface area contributed by atoms with Crippen molar-refractivity contribution in [3.63, 3.8) is 0 Å². The second kappa shape index (κ2) is 7.58. The Morgan fingerprint density at radius 2 is 1.81 bits per heavy atom. The highest BCUT2D eigenvalue weighted by Gasteiger charge is 2.12. The number of hydrazone groups is 1. The van der Waals surface area contributed by atoms with Gasteiger partial charge in [-0.15, -0.1) is 0 Å². The van der Waals surface area contributed by atoms with E-state index in [4.69, 9.17) is 11.6 Å². The molecule has 0 atom stereocenters. The summed E-state index contributed by atoms with van der Waals surface area (Å²) in [5.74, 6) is -0.235. The van der Waals surface area contributed by atoms with Crippen molar-refractivity contribution in [3.8, 4) is 5.69 Å². The molecule has 3 rings (SSSR count). The maximum Gasteiger partial charge on any atom is 0.271 e. The summed E-state index contributed by atoms with van der Waals surface area (Å²) in [4.78, 5) is 12.1. The maximum absolute atomic E-state index is 12.1. The summed E-state index contributed by atoms with van der Waals surface area (Å²) in [5, 5.41) is 4.84. The highest BCUT2D eigenvalue weighted by atomic mass is 35.5. The molecule has 26 heavy (non-hydrogen) atoms. The average Bonchev–Trinajstić information content (AvgIpc) is 2.92. The van der Waals surface area contributed by atoms with Gasteiger partial charge in [-0.1, -0.05) is 35.9 Å². The number of nitrogens with one attached hydrogen (secondary N) is 1. The molecular weight excluding hydrogens is 346 g/mol. The van der Waals surface area contributed by atoms with Crippen molar-refractivity contribution in [3.05, 3.63) is 87.7 Å². The Labute approximate surface area is 158 Å². The lowest BCUT2D eigenvalue weighted by Crippen LogP contribution is -2.17. The SMILES string of the molecule is Cc1c(Cl)cccc1-n1c(C)cc(/C=N/NC(=O)c2ccccc2)c1C. The fourth-order valence-electron chi connectivity index (χ4n) is 2.94. The van der Waals surface area contributed by atoms with Crippen molar-refractivity contribution in [2.75, 3.05) is 0 Å². The van der Waals surface area contributed by atoms with Gasteiger partial charge in [0.15, 0.2) is 0 Å². The molecule has 1 N–H and O–H groups in total. The molecule has 0 unspecified atom stereocenters. The zero-order valence-corrected chi connectivity index (χ0v) is 15.7. The molecule has 0 bridgehead atoms. The van der Waals surface area contributed by atoms with E-state index in [-0.39, 0.29) is 5.91 Å². The van der Waals surface area contributed by atoms with E-state index in [1.807, 2.05) is 63.2 Å². The quantitative estimate of drug-likeness (QED) is 0.523. The first-order valence-corrected chi connectivity index (χ1v) is 8.69. The molecule has 3 aromatic rings. The Morgan fingerprint density at radius 3 is 2.54 bits per heavy atom. The molecule has 5 heteroatoms. The fourth-order valence-corrected chi connectivity index (χ4v) is 3.11. The van der Waals surface area contributed by atoms with Crippen molar-refractivity contribution in [1.82, 2.24) is 9.99 Å². The van der Waals surface area contributed by atoms with Gasteiger partial charge in [-0.2, -0.15) is 5.10 Å². The summed E-state index contributed by atoms with van der Waals surface area (Å²) in [6, 6.07) is 16.9. The lowest BCUT2D eigenvalue weighted by atomic mass is 10.2. The number of rotatable bonds is 4. The second-order valence-electron chi connectivity index (χ2n) is 6.11. The molecule has 0 radical (unpaired) electrons. The Bertz CT molecular complexity index is 974. The largest absolute Gasteiger partial charge is 0.318 e. The van der Waals surface area contributed by atoms with Gasteiger partial charge in [-0.3, -0.25) is 4.79 Å². The predicted molar refractivity (Wildman–Crippen MR) is 106 cm³/mol. The zero-order valence-electron chi connectivity index (χ0n) is 15.0. The van der Waals surface area contributed by atoms with Crippen LogP contribution in [0.1, 0.15) is 32.9 Å². The Balaban J connectivity index is 1.84. The summed E-state index contributed by atoms with van der Waals surface area (Å²) in [6.07, 6.45) is 1.67. The van der Waals surface area contributed by atoms with E-state index >= 15 is 0 Å². The van der Waals surface area contributed by atoms with Gasteiger partial charge in [0.1, 0.15) is 0 Å². The first-order chi connectivity index (χ1) is 12.5. The number of hydrogen-bond acceptors (Lipinski definition) is 2. The third-order valence-electron chi connectivity index (χ3n) is 4.36. The van der Waals surface area contributed by atoms with Crippen LogP contribution in [0, 0.1) is 20.8 Å². The maximum atomic E-state index is 12.1. The molecule has 132 valence electrons. The van der Waals surface area contributed by atoms with E-state index < -0.39 is 0 Å². The summed E-state index contributed by atoms with van der Waals surface area (Å²) >= 11 is 6.26. The summed E-state index contributed by atoms with van der Waals surface area (Å²) in [7, 11) is 0. The smallest absolute Gasteiger partial charge is 0.271 e. The van der Waals surface area contributed by atoms with Crippen LogP contribution < -0.4 is 5.43 Å². The molecular formula is C21H20ClN3O. The van der Waals surface area contributed by atoms with Gasteiger partial charge >= 0.3 is 0 Å². The number of carbonyl (C=O) groups excluding carboxylic acids is 1. The molecule has 1 aromatic heterocycles. The van der Waals surface area contributed by atoms with Crippen LogP contribution in [0.25, 0.3) is 5.69 Å². The first kappa shape index (κ1) is 18.0. The third-order valence-corrected chi connectivity index (χ3v) is 4.77. The molecule has 1 amide bonds. The van der Waals surface area contributed by atoms with Gasteiger partial charge in [-0.25, -0.2) is 5.43 Å². The van der Waals surface area contributed by atoms with Crippen LogP contribution >= 0.6 is 11.6 Å². The Morgan fingerprint density at radius 1 is 1.08 bits per heavy atom. The van der Waals surface area contributed by atoms with E-state index in [1.54, 1.807) is 18.3 Å². The molecule has 0 fully saturated rings. The van der Waals surface area contributed by atoms with Crippen LogP contribution in [-0.4, -0.2) is 16.7 Å². The zero-order chi connectivity index (χ0) is 18.7. The molecule has 0 spiro atoms. The number of aromatic nitrogens is 1. The van der Waals surface area contributed by atoms with Crippen molar-refractivity contribution < 1.29 is 4.79 Å².